The summed E-state index contributed by atoms with van der Waals surface area (Å²) in [6.45, 7) is 4.78. The summed E-state index contributed by atoms with van der Waals surface area (Å²) in [4.78, 5) is 35.0. The van der Waals surface area contributed by atoms with Crippen molar-refractivity contribution in [3.05, 3.63) is 52.6 Å². The van der Waals surface area contributed by atoms with Gasteiger partial charge in [0.05, 0.1) is 31.3 Å². The van der Waals surface area contributed by atoms with Gasteiger partial charge in [0.25, 0.3) is 13.1 Å². The molecule has 1 aromatic carbocycles. The number of nitrogens with one attached hydrogen (secondary N) is 2. The number of H-pyrrole nitrogens is 1. The van der Waals surface area contributed by atoms with Crippen molar-refractivity contribution in [2.24, 2.45) is 0 Å². The van der Waals surface area contributed by atoms with E-state index in [2.05, 4.69) is 20.0 Å². The van der Waals surface area contributed by atoms with E-state index in [1.54, 1.807) is 32.9 Å². The molecule has 0 amide bonds. The molecule has 5 N–H and O–H groups in total. The van der Waals surface area contributed by atoms with Gasteiger partial charge >= 0.3 is 5.97 Å². The standard InChI is InChI=1S/C23H31N6O7P/c1-13(2)35-22(32)14(3)28-37(33,11-15-7-5-4-6-8-15)34-10-17-16(30)9-18(36-17)29-12-25-19-20(29)26-23(24)27-21(19)31/h4-8,12-14,16-18,30H,9-11H2,1-3H3,(H,28,33)(H3,24,26,27,31)/t14?,16?,17-,18-,37?/m1/s1. The summed E-state index contributed by atoms with van der Waals surface area (Å²) in [5.41, 5.74) is 6.22. The Hall–Kier alpha value is -3.09. The predicted molar refractivity (Wildman–Crippen MR) is 135 cm³/mol. The molecule has 37 heavy (non-hydrogen) atoms. The quantitative estimate of drug-likeness (QED) is 0.219. The Morgan fingerprint density at radius 3 is 2.78 bits per heavy atom. The first-order valence-corrected chi connectivity index (χ1v) is 13.7. The topological polar surface area (TPSA) is 184 Å². The summed E-state index contributed by atoms with van der Waals surface area (Å²) in [5, 5.41) is 13.5. The van der Waals surface area contributed by atoms with Crippen LogP contribution in [-0.2, 0) is 29.5 Å². The Morgan fingerprint density at radius 2 is 2.08 bits per heavy atom. The highest BCUT2D eigenvalue weighted by Crippen LogP contribution is 2.47. The molecule has 3 aromatic rings. The number of nitrogen functional groups attached to an aromatic ring is 1. The maximum atomic E-state index is 13.9. The van der Waals surface area contributed by atoms with E-state index < -0.39 is 43.5 Å². The number of nitrogens with two attached hydrogens (primary N) is 1. The molecule has 13 nitrogen and oxygen atoms in total. The van der Waals surface area contributed by atoms with Crippen molar-refractivity contribution in [1.29, 1.82) is 0 Å². The molecule has 5 atom stereocenters. The fourth-order valence-electron chi connectivity index (χ4n) is 4.02. The number of aromatic amines is 1. The van der Waals surface area contributed by atoms with Crippen LogP contribution in [0, 0.1) is 0 Å². The van der Waals surface area contributed by atoms with Crippen molar-refractivity contribution >= 4 is 30.6 Å². The van der Waals surface area contributed by atoms with Crippen molar-refractivity contribution in [3.8, 4) is 0 Å². The molecule has 2 aromatic heterocycles. The molecule has 200 valence electrons. The molecule has 1 aliphatic rings. The first kappa shape index (κ1) is 27.0. The average Bonchev–Trinajstić information content (AvgIpc) is 3.41. The minimum Gasteiger partial charge on any atom is -0.462 e. The summed E-state index contributed by atoms with van der Waals surface area (Å²) >= 11 is 0. The lowest BCUT2D eigenvalue weighted by Gasteiger charge is -2.25. The molecule has 4 rings (SSSR count). The number of hydrogen-bond donors (Lipinski definition) is 4. The van der Waals surface area contributed by atoms with Gasteiger partial charge in [0.15, 0.2) is 11.2 Å². The molecule has 1 saturated heterocycles. The van der Waals surface area contributed by atoms with Gasteiger partial charge in [-0.2, -0.15) is 4.98 Å². The van der Waals surface area contributed by atoms with Crippen LogP contribution in [0.3, 0.4) is 0 Å². The number of carbonyl (C=O) groups excluding carboxylic acids is 1. The van der Waals surface area contributed by atoms with Crippen molar-refractivity contribution in [1.82, 2.24) is 24.6 Å². The van der Waals surface area contributed by atoms with Crippen LogP contribution in [0.5, 0.6) is 0 Å². The number of fused-ring (bicyclic) bond motifs is 1. The maximum Gasteiger partial charge on any atom is 0.323 e. The number of hydrogen-bond acceptors (Lipinski definition) is 10. The zero-order valence-electron chi connectivity index (χ0n) is 20.7. The van der Waals surface area contributed by atoms with Gasteiger partial charge in [0.2, 0.25) is 5.95 Å². The van der Waals surface area contributed by atoms with Gasteiger partial charge < -0.3 is 24.8 Å². The second kappa shape index (κ2) is 11.1. The van der Waals surface area contributed by atoms with E-state index in [1.165, 1.54) is 10.9 Å². The second-order valence-electron chi connectivity index (χ2n) is 9.16. The predicted octanol–water partition coefficient (Wildman–Crippen LogP) is 1.69. The van der Waals surface area contributed by atoms with Crippen LogP contribution >= 0.6 is 7.52 Å². The van der Waals surface area contributed by atoms with Gasteiger partial charge in [-0.25, -0.2) is 10.1 Å². The fraction of sp³-hybridized carbons (Fsp3) is 0.478. The number of aliphatic hydroxyl groups excluding tert-OH is 1. The molecule has 0 bridgehead atoms. The van der Waals surface area contributed by atoms with Gasteiger partial charge in [-0.15, -0.1) is 0 Å². The highest BCUT2D eigenvalue weighted by molar-refractivity contribution is 7.56. The molecular weight excluding hydrogens is 503 g/mol. The first-order valence-electron chi connectivity index (χ1n) is 11.9. The number of anilines is 1. The summed E-state index contributed by atoms with van der Waals surface area (Å²) in [7, 11) is -3.64. The molecule has 1 aliphatic heterocycles. The van der Waals surface area contributed by atoms with E-state index in [1.807, 2.05) is 18.2 Å². The molecule has 0 aliphatic carbocycles. The minimum atomic E-state index is -3.64. The second-order valence-corrected chi connectivity index (χ2v) is 11.3. The lowest BCUT2D eigenvalue weighted by molar-refractivity contribution is -0.149. The third-order valence-electron chi connectivity index (χ3n) is 5.74. The van der Waals surface area contributed by atoms with E-state index >= 15 is 0 Å². The van der Waals surface area contributed by atoms with Crippen molar-refractivity contribution in [3.63, 3.8) is 0 Å². The van der Waals surface area contributed by atoms with Crippen molar-refractivity contribution in [2.45, 2.75) is 63.9 Å². The van der Waals surface area contributed by atoms with E-state index in [0.29, 0.717) is 0 Å². The largest absolute Gasteiger partial charge is 0.462 e. The Morgan fingerprint density at radius 1 is 1.35 bits per heavy atom. The third-order valence-corrected chi connectivity index (χ3v) is 7.87. The van der Waals surface area contributed by atoms with Gasteiger partial charge in [-0.3, -0.25) is 23.7 Å². The normalized spacial score (nSPS) is 22.2. The van der Waals surface area contributed by atoms with E-state index in [9.17, 15) is 19.3 Å². The van der Waals surface area contributed by atoms with Crippen LogP contribution in [0.15, 0.2) is 41.5 Å². The number of aromatic nitrogens is 4. The lowest BCUT2D eigenvalue weighted by Crippen LogP contribution is -2.36. The van der Waals surface area contributed by atoms with Gasteiger partial charge in [0, 0.05) is 6.42 Å². The first-order chi connectivity index (χ1) is 17.5. The lowest BCUT2D eigenvalue weighted by atomic mass is 10.2. The van der Waals surface area contributed by atoms with Crippen molar-refractivity contribution < 1.29 is 28.5 Å². The Bertz CT molecular complexity index is 1340. The van der Waals surface area contributed by atoms with Crippen molar-refractivity contribution in [2.75, 3.05) is 12.3 Å². The summed E-state index contributed by atoms with van der Waals surface area (Å²) in [5.74, 6) is -0.631. The van der Waals surface area contributed by atoms with E-state index in [-0.39, 0.29) is 42.4 Å². The molecular formula is C23H31N6O7P. The maximum absolute atomic E-state index is 13.9. The zero-order valence-corrected chi connectivity index (χ0v) is 21.6. The number of ether oxygens (including phenoxy) is 2. The highest BCUT2D eigenvalue weighted by Gasteiger charge is 2.38. The van der Waals surface area contributed by atoms with Crippen LogP contribution in [0.1, 0.15) is 39.0 Å². The summed E-state index contributed by atoms with van der Waals surface area (Å²) in [6.07, 6.45) is -1.29. The smallest absolute Gasteiger partial charge is 0.323 e. The molecule has 0 radical (unpaired) electrons. The number of benzene rings is 1. The van der Waals surface area contributed by atoms with Crippen LogP contribution in [0.2, 0.25) is 0 Å². The van der Waals surface area contributed by atoms with E-state index in [0.717, 1.165) is 5.56 Å². The van der Waals surface area contributed by atoms with Gasteiger partial charge in [-0.1, -0.05) is 30.3 Å². The summed E-state index contributed by atoms with van der Waals surface area (Å²) in [6, 6.07) is 8.17. The van der Waals surface area contributed by atoms with Crippen LogP contribution in [0.25, 0.3) is 11.2 Å². The summed E-state index contributed by atoms with van der Waals surface area (Å²) < 4.78 is 32.4. The van der Waals surface area contributed by atoms with Crippen LogP contribution < -0.4 is 16.4 Å². The fourth-order valence-corrected chi connectivity index (χ4v) is 6.05. The molecule has 3 unspecified atom stereocenters. The molecule has 3 heterocycles. The molecule has 14 heteroatoms. The number of rotatable bonds is 10. The third kappa shape index (κ3) is 6.43. The number of nitrogens with zero attached hydrogens (tertiary/aromatic N) is 3. The minimum absolute atomic E-state index is 0.0114. The monoisotopic (exact) mass is 534 g/mol. The average molecular weight is 535 g/mol. The Kier molecular flexibility index (Phi) is 8.10. The Labute approximate surface area is 212 Å². The number of imidazole rings is 1. The SMILES string of the molecule is CC(C)OC(=O)C(C)NP(=O)(Cc1ccccc1)OC[C@H]1O[C@@H](n2cnc3c(=O)[nH]c(N)nc32)CC1O. The highest BCUT2D eigenvalue weighted by atomic mass is 31.2. The molecule has 1 fully saturated rings. The molecule has 0 saturated carbocycles. The zero-order chi connectivity index (χ0) is 26.7. The van der Waals surface area contributed by atoms with Gasteiger partial charge in [0.1, 0.15) is 18.4 Å². The number of carbonyl (C=O) groups is 1. The Balaban J connectivity index is 1.48. The van der Waals surface area contributed by atoms with Crippen LogP contribution in [-0.4, -0.2) is 61.6 Å². The number of esters is 1. The molecule has 0 spiro atoms. The van der Waals surface area contributed by atoms with Gasteiger partial charge in [-0.05, 0) is 26.3 Å². The van der Waals surface area contributed by atoms with E-state index in [4.69, 9.17) is 19.7 Å². The number of aliphatic hydroxyl groups is 1. The van der Waals surface area contributed by atoms with Crippen LogP contribution in [0.4, 0.5) is 5.95 Å².